The van der Waals surface area contributed by atoms with Gasteiger partial charge in [-0.15, -0.1) is 14.3 Å². The van der Waals surface area contributed by atoms with Crippen LogP contribution in [0.15, 0.2) is 29.4 Å². The minimum absolute atomic E-state index is 0.123. The molecule has 2 aromatic heterocycles. The summed E-state index contributed by atoms with van der Waals surface area (Å²) in [4.78, 5) is 8.83. The summed E-state index contributed by atoms with van der Waals surface area (Å²) in [6.45, 7) is 12.1. The third-order valence-electron chi connectivity index (χ3n) is 5.72. The highest BCUT2D eigenvalue weighted by molar-refractivity contribution is 7.99. The van der Waals surface area contributed by atoms with Gasteiger partial charge in [-0.2, -0.15) is 0 Å². The molecule has 0 aliphatic heterocycles. The minimum Gasteiger partial charge on any atom is -0.394 e. The molecule has 13 heteroatoms. The Hall–Kier alpha value is -1.98. The summed E-state index contributed by atoms with van der Waals surface area (Å²) in [7, 11) is 2.42. The topological polar surface area (TPSA) is 143 Å². The highest BCUT2D eigenvalue weighted by atomic mass is 32.2. The number of aliphatic hydroxyl groups excluding tert-OH is 3. The van der Waals surface area contributed by atoms with Gasteiger partial charge in [-0.05, 0) is 43.2 Å². The molecule has 0 saturated heterocycles. The van der Waals surface area contributed by atoms with E-state index in [2.05, 4.69) is 50.3 Å². The fourth-order valence-corrected chi connectivity index (χ4v) is 4.03. The van der Waals surface area contributed by atoms with Crippen molar-refractivity contribution in [3.8, 4) is 0 Å². The Morgan fingerprint density at radius 2 is 1.56 bits per heavy atom. The molecular weight excluding hydrogens is 569 g/mol. The number of rotatable bonds is 5. The second-order valence-electron chi connectivity index (χ2n) is 9.16. The van der Waals surface area contributed by atoms with Gasteiger partial charge in [0, 0.05) is 5.75 Å². The van der Waals surface area contributed by atoms with Crippen molar-refractivity contribution in [3.63, 3.8) is 0 Å². The van der Waals surface area contributed by atoms with Crippen molar-refractivity contribution >= 4 is 38.0 Å². The summed E-state index contributed by atoms with van der Waals surface area (Å²) in [6.07, 6.45) is 5.29. The number of aromatic nitrogens is 5. The van der Waals surface area contributed by atoms with E-state index >= 15 is 0 Å². The van der Waals surface area contributed by atoms with Gasteiger partial charge in [0.1, 0.15) is 0 Å². The Kier molecular flexibility index (Phi) is 21.5. The van der Waals surface area contributed by atoms with Gasteiger partial charge < -0.3 is 21.1 Å². The first-order valence-electron chi connectivity index (χ1n) is 14.1. The lowest BCUT2D eigenvalue weighted by Crippen LogP contribution is -2.10. The van der Waals surface area contributed by atoms with E-state index < -0.39 is 11.6 Å². The Balaban J connectivity index is 0.000000653. The standard InChI is InChI=1S/C13H20N6OS.C6H4F2.C4H8.C2H6O2.C2H6.CH5P/c1-3-4-21-13-15-11(14)10-12(16-13)19(18-17-10)8-5-7(2)9(20)6-8;7-5-3-1-2-4-6(5)8;1-4-2-3-4;3-1-2-4;2*1-2/h7-9,20H,3-6H2,1-2H3,(H2,14,15,16);1-4H;4H,2-3H2,1H3;3-4H,1-2H2;1-2H3;2H2,1H3/t7?,8?,9-;;;;;/m0...../s1. The Bertz CT molecular complexity index is 1060. The quantitative estimate of drug-likeness (QED) is 0.165. The average molecular weight is 619 g/mol. The molecule has 2 heterocycles. The lowest BCUT2D eigenvalue weighted by molar-refractivity contribution is 0.139. The first kappa shape index (κ1) is 39.0. The van der Waals surface area contributed by atoms with Crippen molar-refractivity contribution in [1.29, 1.82) is 0 Å². The van der Waals surface area contributed by atoms with Crippen LogP contribution in [0, 0.1) is 23.5 Å². The molecule has 0 bridgehead atoms. The maximum Gasteiger partial charge on any atom is 0.191 e. The van der Waals surface area contributed by atoms with Crippen molar-refractivity contribution in [2.45, 2.75) is 84.0 Å². The zero-order valence-corrected chi connectivity index (χ0v) is 27.1. The number of hydrogen-bond acceptors (Lipinski definition) is 9. The predicted octanol–water partition coefficient (Wildman–Crippen LogP) is 5.51. The number of benzene rings is 1. The van der Waals surface area contributed by atoms with Crippen LogP contribution >= 0.6 is 21.0 Å². The van der Waals surface area contributed by atoms with Gasteiger partial charge in [0.2, 0.25) is 0 Å². The van der Waals surface area contributed by atoms with Crippen molar-refractivity contribution < 1.29 is 24.1 Å². The van der Waals surface area contributed by atoms with Gasteiger partial charge in [-0.25, -0.2) is 23.4 Å². The third kappa shape index (κ3) is 14.7. The first-order chi connectivity index (χ1) is 19.7. The molecule has 5 N–H and O–H groups in total. The van der Waals surface area contributed by atoms with Crippen molar-refractivity contribution in [3.05, 3.63) is 35.9 Å². The van der Waals surface area contributed by atoms with Crippen LogP contribution < -0.4 is 5.73 Å². The van der Waals surface area contributed by atoms with E-state index in [0.29, 0.717) is 28.6 Å². The molecule has 0 radical (unpaired) electrons. The molecule has 4 atom stereocenters. The van der Waals surface area contributed by atoms with E-state index in [1.165, 1.54) is 25.0 Å². The van der Waals surface area contributed by atoms with E-state index in [0.717, 1.165) is 36.6 Å². The van der Waals surface area contributed by atoms with Gasteiger partial charge >= 0.3 is 0 Å². The molecule has 3 aromatic rings. The van der Waals surface area contributed by atoms with Crippen molar-refractivity contribution in [2.75, 3.05) is 31.4 Å². The third-order valence-corrected chi connectivity index (χ3v) is 6.77. The average Bonchev–Trinajstić information content (AvgIpc) is 3.53. The van der Waals surface area contributed by atoms with E-state index in [1.807, 2.05) is 20.5 Å². The summed E-state index contributed by atoms with van der Waals surface area (Å²) in [5.41, 5.74) is 7.19. The lowest BCUT2D eigenvalue weighted by atomic mass is 10.1. The normalized spacial score (nSPS) is 18.6. The number of nitrogen functional groups attached to an aromatic ring is 1. The molecular formula is C28H49F2N6O3PS. The Morgan fingerprint density at radius 1 is 1.02 bits per heavy atom. The molecule has 1 aromatic carbocycles. The number of nitrogens with zero attached hydrogens (tertiary/aromatic N) is 5. The maximum atomic E-state index is 11.9. The van der Waals surface area contributed by atoms with Crippen LogP contribution in [0.4, 0.5) is 14.6 Å². The monoisotopic (exact) mass is 618 g/mol. The molecule has 41 heavy (non-hydrogen) atoms. The molecule has 3 unspecified atom stereocenters. The number of aliphatic hydroxyl groups is 3. The van der Waals surface area contributed by atoms with Crippen LogP contribution in [-0.2, 0) is 0 Å². The Labute approximate surface area is 249 Å². The Morgan fingerprint density at radius 3 is 1.95 bits per heavy atom. The summed E-state index contributed by atoms with van der Waals surface area (Å²) < 4.78 is 25.7. The lowest BCUT2D eigenvalue weighted by Gasteiger charge is -2.10. The van der Waals surface area contributed by atoms with E-state index in [1.54, 1.807) is 16.4 Å². The van der Waals surface area contributed by atoms with Gasteiger partial charge in [0.15, 0.2) is 33.8 Å². The van der Waals surface area contributed by atoms with Gasteiger partial charge in [-0.1, -0.05) is 83.2 Å². The molecule has 5 rings (SSSR count). The van der Waals surface area contributed by atoms with Crippen LogP contribution in [0.2, 0.25) is 0 Å². The molecule has 2 fully saturated rings. The largest absolute Gasteiger partial charge is 0.394 e. The van der Waals surface area contributed by atoms with Gasteiger partial charge in [-0.3, -0.25) is 0 Å². The molecule has 2 saturated carbocycles. The smallest absolute Gasteiger partial charge is 0.191 e. The van der Waals surface area contributed by atoms with Crippen LogP contribution in [0.5, 0.6) is 0 Å². The molecule has 0 spiro atoms. The second-order valence-corrected chi connectivity index (χ2v) is 10.2. The fraction of sp³-hybridized carbons (Fsp3) is 0.643. The van der Waals surface area contributed by atoms with Gasteiger partial charge in [0.05, 0.1) is 25.4 Å². The zero-order valence-electron chi connectivity index (χ0n) is 25.2. The molecule has 234 valence electrons. The number of hydrogen-bond donors (Lipinski definition) is 4. The van der Waals surface area contributed by atoms with Crippen LogP contribution in [-0.4, -0.2) is 72.0 Å². The highest BCUT2D eigenvalue weighted by Gasteiger charge is 2.33. The maximum absolute atomic E-state index is 11.9. The van der Waals surface area contributed by atoms with Crippen LogP contribution in [0.1, 0.15) is 72.8 Å². The molecule has 9 nitrogen and oxygen atoms in total. The van der Waals surface area contributed by atoms with E-state index in [9.17, 15) is 13.9 Å². The van der Waals surface area contributed by atoms with E-state index in [-0.39, 0.29) is 31.3 Å². The minimum atomic E-state index is -0.799. The second kappa shape index (κ2) is 22.6. The predicted molar refractivity (Wildman–Crippen MR) is 168 cm³/mol. The fourth-order valence-electron chi connectivity index (χ4n) is 3.33. The van der Waals surface area contributed by atoms with Crippen molar-refractivity contribution in [2.24, 2.45) is 11.8 Å². The van der Waals surface area contributed by atoms with E-state index in [4.69, 9.17) is 15.9 Å². The number of halogens is 2. The highest BCUT2D eigenvalue weighted by Crippen LogP contribution is 2.36. The zero-order chi connectivity index (χ0) is 31.4. The molecule has 2 aliphatic rings. The first-order valence-corrected chi connectivity index (χ1v) is 16.2. The number of fused-ring (bicyclic) bond motifs is 1. The molecule has 0 amide bonds. The number of thioether (sulfide) groups is 1. The van der Waals surface area contributed by atoms with Crippen LogP contribution in [0.3, 0.4) is 0 Å². The number of anilines is 1. The summed E-state index contributed by atoms with van der Waals surface area (Å²) >= 11 is 1.58. The van der Waals surface area contributed by atoms with Crippen molar-refractivity contribution in [1.82, 2.24) is 25.0 Å². The summed E-state index contributed by atoms with van der Waals surface area (Å²) in [5, 5.41) is 34.2. The summed E-state index contributed by atoms with van der Waals surface area (Å²) in [6, 6.07) is 5.17. The molecule has 2 aliphatic carbocycles. The summed E-state index contributed by atoms with van der Waals surface area (Å²) in [5.74, 6) is 1.07. The SMILES string of the molecule is CC.CC1CC1.CCCSc1nc(N)c2nnn(C3CC(C)[C@@H](O)C3)c2n1.CP.Fc1ccccc1F.OCCO. The van der Waals surface area contributed by atoms with Gasteiger partial charge in [0.25, 0.3) is 0 Å². The number of nitrogens with two attached hydrogens (primary N) is 1. The van der Waals surface area contributed by atoms with Crippen LogP contribution in [0.25, 0.3) is 11.2 Å².